The van der Waals surface area contributed by atoms with Crippen LogP contribution in [-0.4, -0.2) is 57.6 Å². The van der Waals surface area contributed by atoms with Gasteiger partial charge in [0, 0.05) is 5.75 Å². The molecule has 0 aromatic heterocycles. The van der Waals surface area contributed by atoms with Gasteiger partial charge in [0.25, 0.3) is 10.0 Å². The van der Waals surface area contributed by atoms with Gasteiger partial charge in [-0.15, -0.1) is 16.2 Å². The van der Waals surface area contributed by atoms with Gasteiger partial charge in [-0.2, -0.15) is 20.2 Å². The van der Waals surface area contributed by atoms with Crippen LogP contribution >= 0.6 is 35.1 Å². The molecule has 0 spiro atoms. The second-order valence-electron chi connectivity index (χ2n) is 7.17. The quantitative estimate of drug-likeness (QED) is 0.344. The number of nitrogens with two attached hydrogens (primary N) is 2. The highest BCUT2D eigenvalue weighted by atomic mass is 35.5. The number of hydrogen-bond donors (Lipinski definition) is 4. The maximum atomic E-state index is 12.4. The number of thioether (sulfide) groups is 2. The molecule has 0 amide bonds. The third-order valence-corrected chi connectivity index (χ3v) is 8.82. The molecule has 0 radical (unpaired) electrons. The second-order valence-corrected chi connectivity index (χ2v) is 12.6. The van der Waals surface area contributed by atoms with E-state index in [0.717, 1.165) is 17.4 Å². The summed E-state index contributed by atoms with van der Waals surface area (Å²) in [5.41, 5.74) is 6.47. The summed E-state index contributed by atoms with van der Waals surface area (Å²) in [7, 11) is -8.20. The average molecular weight is 581 g/mol. The number of benzene rings is 2. The van der Waals surface area contributed by atoms with Crippen LogP contribution in [0.5, 0.6) is 0 Å². The normalized spacial score (nSPS) is 15.0. The van der Waals surface area contributed by atoms with Crippen LogP contribution in [0.25, 0.3) is 0 Å². The molecule has 0 saturated carbocycles. The van der Waals surface area contributed by atoms with Crippen molar-refractivity contribution >= 4 is 72.7 Å². The van der Waals surface area contributed by atoms with E-state index in [0.29, 0.717) is 17.9 Å². The Balaban J connectivity index is 0.000000410. The predicted octanol–water partition coefficient (Wildman–Crippen LogP) is 2.58. The molecule has 192 valence electrons. The van der Waals surface area contributed by atoms with E-state index in [1.807, 2.05) is 36.6 Å². The van der Waals surface area contributed by atoms with Crippen LogP contribution in [0, 0.1) is 0 Å². The molecule has 1 aliphatic heterocycles. The van der Waals surface area contributed by atoms with Gasteiger partial charge in [-0.1, -0.05) is 41.9 Å². The van der Waals surface area contributed by atoms with Gasteiger partial charge in [-0.3, -0.25) is 4.79 Å². The first-order valence-corrected chi connectivity index (χ1v) is 15.8. The molecule has 0 saturated heterocycles. The van der Waals surface area contributed by atoms with Gasteiger partial charge >= 0.3 is 5.97 Å². The molecule has 35 heavy (non-hydrogen) atoms. The fraction of sp³-hybridized carbons (Fsp3) is 0.300. The van der Waals surface area contributed by atoms with Crippen LogP contribution in [0.15, 0.2) is 56.7 Å². The summed E-state index contributed by atoms with van der Waals surface area (Å²) >= 11 is 9.03. The Morgan fingerprint density at radius 2 is 1.89 bits per heavy atom. The first-order valence-electron chi connectivity index (χ1n) is 9.91. The molecule has 1 heterocycles. The van der Waals surface area contributed by atoms with Crippen molar-refractivity contribution in [3.8, 4) is 0 Å². The number of aliphatic carboxylic acids is 1. The Kier molecular flexibility index (Phi) is 10.9. The van der Waals surface area contributed by atoms with Crippen molar-refractivity contribution < 1.29 is 26.7 Å². The molecule has 1 aliphatic rings. The Labute approximate surface area is 218 Å². The maximum absolute atomic E-state index is 12.4. The molecule has 6 N–H and O–H groups in total. The van der Waals surface area contributed by atoms with Crippen molar-refractivity contribution in [2.24, 2.45) is 15.3 Å². The Bertz CT molecular complexity index is 1290. The molecule has 0 bridgehead atoms. The minimum Gasteiger partial charge on any atom is -0.480 e. The minimum absolute atomic E-state index is 0.160. The summed E-state index contributed by atoms with van der Waals surface area (Å²) in [6, 6.07) is 11.2. The zero-order chi connectivity index (χ0) is 26.2. The number of hydrogen-bond acceptors (Lipinski definition) is 9. The van der Waals surface area contributed by atoms with Gasteiger partial charge in [0.15, 0.2) is 0 Å². The number of rotatable bonds is 9. The number of carboxylic acid groups (broad SMARTS) is 1. The van der Waals surface area contributed by atoms with Gasteiger partial charge in [0.2, 0.25) is 10.0 Å². The topological polar surface area (TPSA) is 182 Å². The molecule has 10 nitrogen and oxygen atoms in total. The molecule has 0 unspecified atom stereocenters. The van der Waals surface area contributed by atoms with E-state index in [1.54, 1.807) is 11.8 Å². The number of carboxylic acids is 1. The predicted molar refractivity (Wildman–Crippen MR) is 142 cm³/mol. The maximum Gasteiger partial charge on any atom is 0.320 e. The third kappa shape index (κ3) is 8.97. The largest absolute Gasteiger partial charge is 0.480 e. The molecule has 3 rings (SSSR count). The van der Waals surface area contributed by atoms with E-state index in [2.05, 4.69) is 9.71 Å². The SMILES string of the molecule is CSCC[C@H](N)C(=O)O.NS(=O)(=O)c1cc2c(cc1Cl)NC(CSCc1ccccc1)=NS2(=O)=O. The fourth-order valence-electron chi connectivity index (χ4n) is 2.71. The zero-order valence-corrected chi connectivity index (χ0v) is 22.6. The van der Waals surface area contributed by atoms with E-state index < -0.39 is 37.0 Å². The first kappa shape index (κ1) is 29.4. The molecule has 2 aromatic carbocycles. The molecule has 15 heteroatoms. The fourth-order valence-corrected chi connectivity index (χ4v) is 6.47. The average Bonchev–Trinajstić information content (AvgIpc) is 2.76. The summed E-state index contributed by atoms with van der Waals surface area (Å²) in [5, 5.41) is 16.1. The summed E-state index contributed by atoms with van der Waals surface area (Å²) in [5.74, 6) is 1.18. The number of sulfonamides is 2. The van der Waals surface area contributed by atoms with Crippen molar-refractivity contribution in [2.45, 2.75) is 28.0 Å². The number of amidine groups is 1. The first-order chi connectivity index (χ1) is 16.3. The number of halogens is 1. The number of fused-ring (bicyclic) bond motifs is 1. The second kappa shape index (κ2) is 12.9. The standard InChI is InChI=1S/C15H14ClN3O4S3.C5H11NO2S/c16-11-6-12-14(7-13(11)25(17,20)21)26(22,23)19-15(18-12)9-24-8-10-4-2-1-3-5-10;1-9-3-2-4(6)5(7)8/h1-7H,8-9H2,(H,18,19)(H2,17,20,21);4H,2-3,6H2,1H3,(H,7,8)/t;4-/m.0/s1. The van der Waals surface area contributed by atoms with Crippen LogP contribution in [-0.2, 0) is 30.6 Å². The molecule has 0 aliphatic carbocycles. The van der Waals surface area contributed by atoms with Gasteiger partial charge in [0.05, 0.1) is 16.5 Å². The lowest BCUT2D eigenvalue weighted by molar-refractivity contribution is -0.138. The number of primary sulfonamides is 1. The summed E-state index contributed by atoms with van der Waals surface area (Å²) < 4.78 is 51.6. The summed E-state index contributed by atoms with van der Waals surface area (Å²) in [6.07, 6.45) is 2.48. The highest BCUT2D eigenvalue weighted by Crippen LogP contribution is 2.34. The summed E-state index contributed by atoms with van der Waals surface area (Å²) in [6.45, 7) is 0. The van der Waals surface area contributed by atoms with Gasteiger partial charge in [-0.25, -0.2) is 13.6 Å². The number of nitrogens with one attached hydrogen (secondary N) is 1. The zero-order valence-electron chi connectivity index (χ0n) is 18.5. The highest BCUT2D eigenvalue weighted by Gasteiger charge is 2.28. The lowest BCUT2D eigenvalue weighted by Crippen LogP contribution is -2.30. The molecular formula is C20H25ClN4O6S4. The highest BCUT2D eigenvalue weighted by molar-refractivity contribution is 7.99. The van der Waals surface area contributed by atoms with E-state index in [9.17, 15) is 21.6 Å². The van der Waals surface area contributed by atoms with Crippen molar-refractivity contribution in [1.82, 2.24) is 0 Å². The summed E-state index contributed by atoms with van der Waals surface area (Å²) in [4.78, 5) is 9.34. The third-order valence-electron chi connectivity index (χ3n) is 4.43. The van der Waals surface area contributed by atoms with E-state index >= 15 is 0 Å². The number of anilines is 1. The van der Waals surface area contributed by atoms with Gasteiger partial charge in [-0.05, 0) is 36.1 Å². The van der Waals surface area contributed by atoms with E-state index in [1.165, 1.54) is 17.8 Å². The smallest absolute Gasteiger partial charge is 0.320 e. The van der Waals surface area contributed by atoms with Gasteiger partial charge in [0.1, 0.15) is 21.7 Å². The molecular weight excluding hydrogens is 556 g/mol. The van der Waals surface area contributed by atoms with Crippen LogP contribution in [0.2, 0.25) is 5.02 Å². The van der Waals surface area contributed by atoms with Crippen molar-refractivity contribution in [1.29, 1.82) is 0 Å². The van der Waals surface area contributed by atoms with Crippen LogP contribution < -0.4 is 16.2 Å². The Hall–Kier alpha value is -1.81. The Morgan fingerprint density at radius 3 is 2.46 bits per heavy atom. The van der Waals surface area contributed by atoms with Crippen molar-refractivity contribution in [3.63, 3.8) is 0 Å². The van der Waals surface area contributed by atoms with Gasteiger partial charge < -0.3 is 16.2 Å². The van der Waals surface area contributed by atoms with Crippen LogP contribution in [0.3, 0.4) is 0 Å². The monoisotopic (exact) mass is 580 g/mol. The Morgan fingerprint density at radius 1 is 1.23 bits per heavy atom. The van der Waals surface area contributed by atoms with E-state index in [-0.39, 0.29) is 21.4 Å². The van der Waals surface area contributed by atoms with Crippen LogP contribution in [0.4, 0.5) is 5.69 Å². The van der Waals surface area contributed by atoms with Crippen LogP contribution in [0.1, 0.15) is 12.0 Å². The van der Waals surface area contributed by atoms with Crippen molar-refractivity contribution in [2.75, 3.05) is 23.1 Å². The molecule has 0 fully saturated rings. The molecule has 2 aromatic rings. The lowest BCUT2D eigenvalue weighted by atomic mass is 10.2. The lowest BCUT2D eigenvalue weighted by Gasteiger charge is -2.19. The van der Waals surface area contributed by atoms with E-state index in [4.69, 9.17) is 27.6 Å². The van der Waals surface area contributed by atoms with Crippen molar-refractivity contribution in [3.05, 3.63) is 53.1 Å². The number of nitrogens with zero attached hydrogens (tertiary/aromatic N) is 1. The minimum atomic E-state index is -4.15. The molecule has 1 atom stereocenters. The number of carbonyl (C=O) groups is 1.